The quantitative estimate of drug-likeness (QED) is 0.319. The van der Waals surface area contributed by atoms with Gasteiger partial charge in [0.1, 0.15) is 0 Å². The highest BCUT2D eigenvalue weighted by atomic mass is 19.3. The molecule has 0 bridgehead atoms. The Morgan fingerprint density at radius 2 is 1.44 bits per heavy atom. The zero-order chi connectivity index (χ0) is 25.7. The Hall–Kier alpha value is -3.64. The first-order valence-corrected chi connectivity index (χ1v) is 9.09. The van der Waals surface area contributed by atoms with Gasteiger partial charge >= 0.3 is 31.0 Å². The number of allylic oxidation sites excluding steroid dienone is 1. The highest BCUT2D eigenvalue weighted by Gasteiger charge is 2.47. The number of hydrogen-bond donors (Lipinski definition) is 1. The van der Waals surface area contributed by atoms with E-state index < -0.39 is 48.3 Å². The van der Waals surface area contributed by atoms with Crippen LogP contribution in [0.1, 0.15) is 21.5 Å². The van der Waals surface area contributed by atoms with Gasteiger partial charge in [0, 0.05) is 6.42 Å². The molecule has 0 amide bonds. The lowest BCUT2D eigenvalue weighted by Gasteiger charge is -2.22. The normalized spacial score (nSPS) is 12.4. The molecule has 0 aliphatic rings. The van der Waals surface area contributed by atoms with Crippen LogP contribution in [-0.2, 0) is 11.2 Å². The number of ketones is 1. The number of carboxylic acids is 1. The number of benzene rings is 2. The number of carbonyl (C=O) groups excluding carboxylic acids is 1. The summed E-state index contributed by atoms with van der Waals surface area (Å²) in [7, 11) is 0. The summed E-state index contributed by atoms with van der Waals surface area (Å²) < 4.78 is 110. The van der Waals surface area contributed by atoms with Crippen LogP contribution < -0.4 is 9.47 Å². The monoisotopic (exact) mass is 498 g/mol. The van der Waals surface area contributed by atoms with Gasteiger partial charge in [0.25, 0.3) is 0 Å². The molecule has 0 heterocycles. The van der Waals surface area contributed by atoms with Crippen molar-refractivity contribution in [3.63, 3.8) is 0 Å². The molecule has 0 fully saturated rings. The fourth-order valence-electron chi connectivity index (χ4n) is 2.49. The highest BCUT2D eigenvalue weighted by Crippen LogP contribution is 2.38. The average Bonchev–Trinajstić information content (AvgIpc) is 2.73. The van der Waals surface area contributed by atoms with E-state index in [-0.39, 0.29) is 23.1 Å². The smallest absolute Gasteiger partial charge is 0.461 e. The predicted octanol–water partition coefficient (Wildman–Crippen LogP) is 5.68. The third kappa shape index (κ3) is 6.93. The van der Waals surface area contributed by atoms with Crippen LogP contribution in [0.15, 0.2) is 48.5 Å². The van der Waals surface area contributed by atoms with Gasteiger partial charge in [0.2, 0.25) is 0 Å². The van der Waals surface area contributed by atoms with Crippen molar-refractivity contribution in [1.82, 2.24) is 0 Å². The fraction of sp³-hybridized carbons (Fsp3) is 0.238. The highest BCUT2D eigenvalue weighted by molar-refractivity contribution is 5.97. The third-order valence-electron chi connectivity index (χ3n) is 4.04. The lowest BCUT2D eigenvalue weighted by Crippen LogP contribution is -2.35. The molecule has 0 spiro atoms. The summed E-state index contributed by atoms with van der Waals surface area (Å²) >= 11 is 0. The molecule has 0 aromatic heterocycles. The molecule has 0 aliphatic heterocycles. The zero-order valence-corrected chi connectivity index (χ0v) is 16.7. The third-order valence-corrected chi connectivity index (χ3v) is 4.04. The van der Waals surface area contributed by atoms with Gasteiger partial charge in [0.05, 0.1) is 5.56 Å². The van der Waals surface area contributed by atoms with E-state index in [1.807, 2.05) is 0 Å². The van der Waals surface area contributed by atoms with E-state index in [9.17, 15) is 44.7 Å². The van der Waals surface area contributed by atoms with Crippen molar-refractivity contribution >= 4 is 17.8 Å². The van der Waals surface area contributed by atoms with E-state index in [1.165, 1.54) is 24.3 Å². The molecule has 2 aromatic rings. The molecule has 0 atom stereocenters. The van der Waals surface area contributed by atoms with Crippen LogP contribution in [0.2, 0.25) is 0 Å². The van der Waals surface area contributed by atoms with Gasteiger partial charge in [-0.3, -0.25) is 4.79 Å². The maximum Gasteiger partial charge on any atom is 0.461 e. The zero-order valence-electron chi connectivity index (χ0n) is 16.7. The second kappa shape index (κ2) is 10.5. The molecular weight excluding hydrogens is 484 g/mol. The van der Waals surface area contributed by atoms with Gasteiger partial charge in [-0.15, -0.1) is 0 Å². The van der Waals surface area contributed by atoms with Crippen LogP contribution in [0.5, 0.6) is 11.5 Å². The summed E-state index contributed by atoms with van der Waals surface area (Å²) in [6.45, 7) is 0. The van der Waals surface area contributed by atoms with Crippen LogP contribution in [0, 0.1) is 0 Å². The maximum atomic E-state index is 13.3. The molecule has 0 aliphatic carbocycles. The second-order valence-electron chi connectivity index (χ2n) is 6.57. The molecule has 2 rings (SSSR count). The Morgan fingerprint density at radius 1 is 0.882 bits per heavy atom. The summed E-state index contributed by atoms with van der Waals surface area (Å²) in [4.78, 5) is 23.3. The summed E-state index contributed by atoms with van der Waals surface area (Å²) in [6.07, 6.45) is -17.7. The van der Waals surface area contributed by atoms with Crippen molar-refractivity contribution < 1.29 is 59.3 Å². The SMILES string of the molecule is O=C(/C=C/c1ccc(OC(F)(F)C(F)F)c(OC(F)(F)C(F)F)c1)Cc1ccccc1C(=O)O. The van der Waals surface area contributed by atoms with Crippen LogP contribution in [0.25, 0.3) is 6.08 Å². The first-order chi connectivity index (χ1) is 15.7. The van der Waals surface area contributed by atoms with Crippen LogP contribution >= 0.6 is 0 Å². The fourth-order valence-corrected chi connectivity index (χ4v) is 2.49. The molecule has 34 heavy (non-hydrogen) atoms. The predicted molar refractivity (Wildman–Crippen MR) is 101 cm³/mol. The van der Waals surface area contributed by atoms with Crippen LogP contribution in [0.3, 0.4) is 0 Å². The molecule has 0 unspecified atom stereocenters. The molecule has 1 N–H and O–H groups in total. The van der Waals surface area contributed by atoms with Crippen LogP contribution in [0.4, 0.5) is 35.1 Å². The van der Waals surface area contributed by atoms with E-state index in [2.05, 4.69) is 9.47 Å². The van der Waals surface area contributed by atoms with Crippen molar-refractivity contribution in [2.75, 3.05) is 0 Å². The van der Waals surface area contributed by atoms with Crippen molar-refractivity contribution in [2.45, 2.75) is 31.5 Å². The Bertz CT molecular complexity index is 1070. The molecular formula is C21H14F8O5. The summed E-state index contributed by atoms with van der Waals surface area (Å²) in [6, 6.07) is 7.40. The minimum atomic E-state index is -5.18. The van der Waals surface area contributed by atoms with Gasteiger partial charge in [-0.05, 0) is 35.4 Å². The maximum absolute atomic E-state index is 13.3. The van der Waals surface area contributed by atoms with E-state index >= 15 is 0 Å². The summed E-state index contributed by atoms with van der Waals surface area (Å²) in [5, 5.41) is 9.12. The van der Waals surface area contributed by atoms with Crippen LogP contribution in [-0.4, -0.2) is 41.9 Å². The number of rotatable bonds is 11. The van der Waals surface area contributed by atoms with Gasteiger partial charge in [-0.2, -0.15) is 35.1 Å². The summed E-state index contributed by atoms with van der Waals surface area (Å²) in [5.41, 5.74) is -0.202. The first-order valence-electron chi connectivity index (χ1n) is 9.09. The average molecular weight is 498 g/mol. The Labute approximate surface area is 186 Å². The number of hydrogen-bond acceptors (Lipinski definition) is 4. The van der Waals surface area contributed by atoms with Gasteiger partial charge in [-0.25, -0.2) is 4.79 Å². The van der Waals surface area contributed by atoms with E-state index in [0.717, 1.165) is 18.2 Å². The molecule has 5 nitrogen and oxygen atoms in total. The minimum Gasteiger partial charge on any atom is -0.478 e. The van der Waals surface area contributed by atoms with Crippen molar-refractivity contribution in [2.24, 2.45) is 0 Å². The number of carbonyl (C=O) groups is 2. The van der Waals surface area contributed by atoms with Gasteiger partial charge in [0.15, 0.2) is 17.3 Å². The number of alkyl halides is 8. The lowest BCUT2D eigenvalue weighted by molar-refractivity contribution is -0.264. The summed E-state index contributed by atoms with van der Waals surface area (Å²) in [5.74, 6) is -4.76. The molecule has 0 radical (unpaired) electrons. The van der Waals surface area contributed by atoms with Crippen molar-refractivity contribution in [1.29, 1.82) is 0 Å². The number of ether oxygens (including phenoxy) is 2. The van der Waals surface area contributed by atoms with E-state index in [0.29, 0.717) is 12.1 Å². The molecule has 0 saturated heterocycles. The topological polar surface area (TPSA) is 72.8 Å². The number of halogens is 8. The Morgan fingerprint density at radius 3 is 2.00 bits per heavy atom. The van der Waals surface area contributed by atoms with Crippen molar-refractivity contribution in [3.05, 3.63) is 65.2 Å². The molecule has 2 aromatic carbocycles. The minimum absolute atomic E-state index is 0.143. The van der Waals surface area contributed by atoms with Gasteiger partial charge in [-0.1, -0.05) is 30.3 Å². The lowest BCUT2D eigenvalue weighted by atomic mass is 10.0. The second-order valence-corrected chi connectivity index (χ2v) is 6.57. The van der Waals surface area contributed by atoms with E-state index in [1.54, 1.807) is 0 Å². The number of aromatic carboxylic acids is 1. The van der Waals surface area contributed by atoms with Gasteiger partial charge < -0.3 is 14.6 Å². The molecule has 184 valence electrons. The van der Waals surface area contributed by atoms with E-state index in [4.69, 9.17) is 5.11 Å². The Kier molecular flexibility index (Phi) is 8.24. The first kappa shape index (κ1) is 26.6. The molecule has 13 heteroatoms. The standard InChI is InChI=1S/C21H14F8O5/c22-18(23)20(26,27)33-15-8-6-11(9-16(15)34-21(28,29)19(24)25)5-7-13(30)10-12-3-1-2-4-14(12)17(31)32/h1-9,18-19H,10H2,(H,31,32)/b7-5+. The van der Waals surface area contributed by atoms with Crippen molar-refractivity contribution in [3.8, 4) is 11.5 Å². The Balaban J connectivity index is 2.31. The largest absolute Gasteiger partial charge is 0.478 e. The molecule has 0 saturated carbocycles. The number of carboxylic acid groups (broad SMARTS) is 1.